The van der Waals surface area contributed by atoms with Crippen LogP contribution in [0.5, 0.6) is 0 Å². The zero-order valence-electron chi connectivity index (χ0n) is 14.7. The van der Waals surface area contributed by atoms with Crippen molar-refractivity contribution < 1.29 is 9.26 Å². The molecular formula is C17H24N6O2. The lowest BCUT2D eigenvalue weighted by atomic mass is 10.2. The van der Waals surface area contributed by atoms with Crippen molar-refractivity contribution in [1.82, 2.24) is 25.2 Å². The van der Waals surface area contributed by atoms with Crippen LogP contribution in [-0.4, -0.2) is 64.6 Å². The molecule has 8 heteroatoms. The molecule has 2 aliphatic rings. The van der Waals surface area contributed by atoms with Crippen molar-refractivity contribution in [3.63, 3.8) is 0 Å². The number of ether oxygens (including phenoxy) is 1. The minimum atomic E-state index is 0.105. The highest BCUT2D eigenvalue weighted by atomic mass is 16.5. The fraction of sp³-hybridized carbons (Fsp3) is 0.647. The summed E-state index contributed by atoms with van der Waals surface area (Å²) in [6.07, 6.45) is 4.15. The first-order valence-corrected chi connectivity index (χ1v) is 8.88. The van der Waals surface area contributed by atoms with Gasteiger partial charge in [-0.25, -0.2) is 0 Å². The second-order valence-corrected chi connectivity index (χ2v) is 6.89. The Balaban J connectivity index is 1.36. The monoisotopic (exact) mass is 344 g/mol. The molecule has 1 saturated carbocycles. The number of hydrogen-bond acceptors (Lipinski definition) is 8. The van der Waals surface area contributed by atoms with E-state index in [-0.39, 0.29) is 12.1 Å². The zero-order valence-corrected chi connectivity index (χ0v) is 14.7. The lowest BCUT2D eigenvalue weighted by Crippen LogP contribution is -2.47. The number of aromatic nitrogens is 4. The maximum absolute atomic E-state index is 5.94. The lowest BCUT2D eigenvalue weighted by molar-refractivity contribution is -0.0408. The summed E-state index contributed by atoms with van der Waals surface area (Å²) in [6.45, 7) is 5.28. The third kappa shape index (κ3) is 3.80. The molecule has 0 bridgehead atoms. The molecule has 2 atom stereocenters. The van der Waals surface area contributed by atoms with Gasteiger partial charge in [0, 0.05) is 38.8 Å². The van der Waals surface area contributed by atoms with E-state index < -0.39 is 0 Å². The van der Waals surface area contributed by atoms with Crippen LogP contribution >= 0.6 is 0 Å². The Bertz CT molecular complexity index is 689. The van der Waals surface area contributed by atoms with E-state index in [1.54, 1.807) is 6.20 Å². The number of anilines is 1. The van der Waals surface area contributed by atoms with Gasteiger partial charge in [0.25, 0.3) is 0 Å². The Labute approximate surface area is 147 Å². The van der Waals surface area contributed by atoms with Crippen LogP contribution in [0.25, 0.3) is 0 Å². The highest BCUT2D eigenvalue weighted by Crippen LogP contribution is 2.38. The van der Waals surface area contributed by atoms with Gasteiger partial charge in [0.15, 0.2) is 11.6 Å². The smallest absolute Gasteiger partial charge is 0.243 e. The molecule has 1 aliphatic carbocycles. The molecule has 0 amide bonds. The summed E-state index contributed by atoms with van der Waals surface area (Å²) in [7, 11) is 2.01. The van der Waals surface area contributed by atoms with Gasteiger partial charge in [0.05, 0.1) is 18.8 Å². The van der Waals surface area contributed by atoms with Crippen molar-refractivity contribution in [3.05, 3.63) is 30.0 Å². The number of hydrogen-bond donors (Lipinski definition) is 0. The van der Waals surface area contributed by atoms with E-state index in [0.717, 1.165) is 31.3 Å². The van der Waals surface area contributed by atoms with Gasteiger partial charge < -0.3 is 14.2 Å². The van der Waals surface area contributed by atoms with Crippen molar-refractivity contribution in [1.29, 1.82) is 0 Å². The van der Waals surface area contributed by atoms with Crippen LogP contribution in [0.3, 0.4) is 0 Å². The molecule has 3 heterocycles. The van der Waals surface area contributed by atoms with Gasteiger partial charge in [-0.05, 0) is 31.9 Å². The number of rotatable bonds is 6. The van der Waals surface area contributed by atoms with Gasteiger partial charge in [0.2, 0.25) is 5.89 Å². The molecule has 2 fully saturated rings. The average molecular weight is 344 g/mol. The zero-order chi connectivity index (χ0) is 17.2. The molecule has 0 spiro atoms. The molecule has 2 aromatic heterocycles. The number of nitrogens with zero attached hydrogens (tertiary/aromatic N) is 6. The predicted molar refractivity (Wildman–Crippen MR) is 91.3 cm³/mol. The Morgan fingerprint density at radius 3 is 3.04 bits per heavy atom. The first kappa shape index (κ1) is 16.4. The summed E-state index contributed by atoms with van der Waals surface area (Å²) >= 11 is 0. The lowest BCUT2D eigenvalue weighted by Gasteiger charge is -2.37. The first-order chi connectivity index (χ1) is 12.2. The van der Waals surface area contributed by atoms with Crippen LogP contribution in [0, 0.1) is 0 Å². The van der Waals surface area contributed by atoms with E-state index in [9.17, 15) is 0 Å². The molecule has 25 heavy (non-hydrogen) atoms. The van der Waals surface area contributed by atoms with Gasteiger partial charge in [-0.2, -0.15) is 10.1 Å². The van der Waals surface area contributed by atoms with Gasteiger partial charge >= 0.3 is 0 Å². The van der Waals surface area contributed by atoms with Crippen LogP contribution in [-0.2, 0) is 4.74 Å². The molecule has 1 aliphatic heterocycles. The molecule has 134 valence electrons. The standard InChI is InChI=1S/C17H24N6O2/c1-12(17-19-16(21-25-17)13-5-6-13)23-8-9-24-14(11-23)10-22(2)15-4-3-7-18-20-15/h3-4,7,12-14H,5-6,8-11H2,1-2H3/t12-,14+/m1/s1. The van der Waals surface area contributed by atoms with Gasteiger partial charge in [0.1, 0.15) is 0 Å². The Kier molecular flexibility index (Phi) is 4.63. The van der Waals surface area contributed by atoms with Crippen LogP contribution in [0.4, 0.5) is 5.82 Å². The van der Waals surface area contributed by atoms with E-state index in [1.807, 2.05) is 19.2 Å². The summed E-state index contributed by atoms with van der Waals surface area (Å²) in [5, 5.41) is 12.2. The van der Waals surface area contributed by atoms with Crippen LogP contribution in [0.1, 0.15) is 43.4 Å². The molecule has 8 nitrogen and oxygen atoms in total. The molecule has 0 unspecified atom stereocenters. The maximum Gasteiger partial charge on any atom is 0.243 e. The Morgan fingerprint density at radius 2 is 2.28 bits per heavy atom. The molecule has 2 aromatic rings. The van der Waals surface area contributed by atoms with E-state index in [1.165, 1.54) is 12.8 Å². The normalized spacial score (nSPS) is 22.7. The van der Waals surface area contributed by atoms with E-state index >= 15 is 0 Å². The first-order valence-electron chi connectivity index (χ1n) is 8.88. The highest BCUT2D eigenvalue weighted by molar-refractivity contribution is 5.35. The van der Waals surface area contributed by atoms with Gasteiger partial charge in [-0.15, -0.1) is 5.10 Å². The molecule has 0 radical (unpaired) electrons. The van der Waals surface area contributed by atoms with Crippen molar-refractivity contribution in [2.45, 2.75) is 37.8 Å². The van der Waals surface area contributed by atoms with Crippen molar-refractivity contribution in [3.8, 4) is 0 Å². The molecule has 1 saturated heterocycles. The van der Waals surface area contributed by atoms with Crippen molar-refractivity contribution >= 4 is 5.82 Å². The number of likely N-dealkylation sites (N-methyl/N-ethyl adjacent to an activating group) is 1. The third-order valence-electron chi connectivity index (χ3n) is 4.90. The Morgan fingerprint density at radius 1 is 1.40 bits per heavy atom. The second kappa shape index (κ2) is 7.05. The summed E-state index contributed by atoms with van der Waals surface area (Å²) in [5.74, 6) is 2.95. The minimum Gasteiger partial charge on any atom is -0.374 e. The summed E-state index contributed by atoms with van der Waals surface area (Å²) in [4.78, 5) is 9.02. The van der Waals surface area contributed by atoms with E-state index in [0.29, 0.717) is 18.4 Å². The molecular weight excluding hydrogens is 320 g/mol. The fourth-order valence-corrected chi connectivity index (χ4v) is 3.18. The van der Waals surface area contributed by atoms with Gasteiger partial charge in [-0.3, -0.25) is 4.90 Å². The van der Waals surface area contributed by atoms with Crippen molar-refractivity contribution in [2.24, 2.45) is 0 Å². The van der Waals surface area contributed by atoms with Crippen LogP contribution < -0.4 is 4.90 Å². The topological polar surface area (TPSA) is 80.4 Å². The minimum absolute atomic E-state index is 0.105. The average Bonchev–Trinajstić information content (AvgIpc) is 3.39. The predicted octanol–water partition coefficient (Wildman–Crippen LogP) is 1.64. The fourth-order valence-electron chi connectivity index (χ4n) is 3.18. The summed E-state index contributed by atoms with van der Waals surface area (Å²) in [5.41, 5.74) is 0. The maximum atomic E-state index is 5.94. The Hall–Kier alpha value is -2.06. The van der Waals surface area contributed by atoms with E-state index in [4.69, 9.17) is 9.26 Å². The highest BCUT2D eigenvalue weighted by Gasteiger charge is 2.32. The summed E-state index contributed by atoms with van der Waals surface area (Å²) in [6, 6.07) is 3.95. The van der Waals surface area contributed by atoms with E-state index in [2.05, 4.69) is 37.1 Å². The molecule has 0 aromatic carbocycles. The largest absolute Gasteiger partial charge is 0.374 e. The molecule has 4 rings (SSSR count). The van der Waals surface area contributed by atoms with Crippen LogP contribution in [0.2, 0.25) is 0 Å². The molecule has 0 N–H and O–H groups in total. The van der Waals surface area contributed by atoms with Crippen molar-refractivity contribution in [2.75, 3.05) is 38.2 Å². The second-order valence-electron chi connectivity index (χ2n) is 6.89. The SMILES string of the molecule is C[C@H](c1nc(C2CC2)no1)N1CCO[C@@H](CN(C)c2cccnn2)C1. The quantitative estimate of drug-likeness (QED) is 0.782. The number of morpholine rings is 1. The van der Waals surface area contributed by atoms with Gasteiger partial charge in [-0.1, -0.05) is 5.16 Å². The summed E-state index contributed by atoms with van der Waals surface area (Å²) < 4.78 is 11.4. The van der Waals surface area contributed by atoms with Crippen LogP contribution in [0.15, 0.2) is 22.9 Å². The third-order valence-corrected chi connectivity index (χ3v) is 4.90.